The lowest BCUT2D eigenvalue weighted by Gasteiger charge is -2.14. The predicted molar refractivity (Wildman–Crippen MR) is 42.8 cm³/mol. The van der Waals surface area contributed by atoms with Crippen LogP contribution < -0.4 is 10.6 Å². The van der Waals surface area contributed by atoms with Crippen LogP contribution in [-0.4, -0.2) is 31.2 Å². The first-order chi connectivity index (χ1) is 6.02. The van der Waals surface area contributed by atoms with Gasteiger partial charge in [-0.15, -0.1) is 11.6 Å². The summed E-state index contributed by atoms with van der Waals surface area (Å²) in [5.74, 6) is 0.319. The first-order valence-electron chi connectivity index (χ1n) is 3.57. The van der Waals surface area contributed by atoms with Crippen LogP contribution in [0.2, 0.25) is 0 Å². The van der Waals surface area contributed by atoms with E-state index in [1.807, 2.05) is 0 Å². The van der Waals surface area contributed by atoms with Gasteiger partial charge < -0.3 is 5.32 Å². The van der Waals surface area contributed by atoms with Crippen molar-refractivity contribution in [2.45, 2.75) is 12.5 Å². The molecule has 0 aromatic heterocycles. The van der Waals surface area contributed by atoms with Gasteiger partial charge in [0.2, 0.25) is 0 Å². The van der Waals surface area contributed by atoms with E-state index < -0.39 is 18.8 Å². The molecule has 0 aromatic rings. The van der Waals surface area contributed by atoms with Crippen LogP contribution in [0.1, 0.15) is 6.42 Å². The Morgan fingerprint density at radius 3 is 2.54 bits per heavy atom. The summed E-state index contributed by atoms with van der Waals surface area (Å²) in [5, 5.41) is 3.26. The first-order valence-corrected chi connectivity index (χ1v) is 4.11. The van der Waals surface area contributed by atoms with Crippen molar-refractivity contribution in [1.29, 1.82) is 0 Å². The number of rotatable bonds is 5. The zero-order valence-corrected chi connectivity index (χ0v) is 7.50. The van der Waals surface area contributed by atoms with Crippen LogP contribution in [-0.2, 0) is 0 Å². The molecule has 13 heavy (non-hydrogen) atoms. The summed E-state index contributed by atoms with van der Waals surface area (Å²) in [7, 11) is 0. The van der Waals surface area contributed by atoms with Crippen molar-refractivity contribution >= 4 is 17.6 Å². The van der Waals surface area contributed by atoms with Crippen molar-refractivity contribution in [1.82, 2.24) is 10.6 Å². The van der Waals surface area contributed by atoms with Gasteiger partial charge in [-0.3, -0.25) is 5.32 Å². The van der Waals surface area contributed by atoms with Crippen molar-refractivity contribution in [3.05, 3.63) is 0 Å². The summed E-state index contributed by atoms with van der Waals surface area (Å²) < 4.78 is 35.8. The van der Waals surface area contributed by atoms with E-state index in [-0.39, 0.29) is 6.54 Å². The van der Waals surface area contributed by atoms with Gasteiger partial charge in [0.25, 0.3) is 0 Å². The number of hydrogen-bond acceptors (Lipinski definition) is 1. The van der Waals surface area contributed by atoms with Gasteiger partial charge in [-0.1, -0.05) is 0 Å². The molecule has 7 heteroatoms. The summed E-state index contributed by atoms with van der Waals surface area (Å²) >= 11 is 5.27. The van der Waals surface area contributed by atoms with Crippen LogP contribution in [0.25, 0.3) is 0 Å². The number of amides is 2. The van der Waals surface area contributed by atoms with Crippen LogP contribution in [0, 0.1) is 0 Å². The fourth-order valence-corrected chi connectivity index (χ4v) is 0.646. The summed E-state index contributed by atoms with van der Waals surface area (Å²) in [6, 6.07) is -4.90. The van der Waals surface area contributed by atoms with E-state index in [0.717, 1.165) is 5.32 Å². The quantitative estimate of drug-likeness (QED) is 0.410. The largest absolute Gasteiger partial charge is 0.354 e. The Bertz CT molecular complexity index is 168. The number of carbonyl (C=O) groups excluding carboxylic acids is 1. The van der Waals surface area contributed by atoms with E-state index in [1.165, 1.54) is 0 Å². The van der Waals surface area contributed by atoms with Gasteiger partial charge in [-0.05, 0) is 6.42 Å². The van der Waals surface area contributed by atoms with Crippen LogP contribution in [0.5, 0.6) is 0 Å². The lowest BCUT2D eigenvalue weighted by Crippen LogP contribution is -2.48. The van der Waals surface area contributed by atoms with Crippen molar-refractivity contribution in [2.24, 2.45) is 0 Å². The van der Waals surface area contributed by atoms with Crippen molar-refractivity contribution < 1.29 is 18.0 Å². The normalized spacial score (nSPS) is 11.1. The highest BCUT2D eigenvalue weighted by Gasteiger charge is 2.30. The van der Waals surface area contributed by atoms with Crippen LogP contribution in [0.3, 0.4) is 0 Å². The van der Waals surface area contributed by atoms with E-state index >= 15 is 0 Å². The predicted octanol–water partition coefficient (Wildman–Crippen LogP) is 1.48. The molecule has 0 aromatic carbocycles. The zero-order chi connectivity index (χ0) is 10.3. The van der Waals surface area contributed by atoms with Crippen LogP contribution in [0.15, 0.2) is 0 Å². The molecule has 0 rings (SSSR count). The van der Waals surface area contributed by atoms with Gasteiger partial charge in [0.05, 0.1) is 0 Å². The molecule has 0 heterocycles. The number of alkyl halides is 4. The Morgan fingerprint density at radius 2 is 2.08 bits per heavy atom. The Hall–Kier alpha value is -0.650. The van der Waals surface area contributed by atoms with Crippen molar-refractivity contribution in [2.75, 3.05) is 19.1 Å². The maximum atomic E-state index is 12.1. The highest BCUT2D eigenvalue weighted by Crippen LogP contribution is 2.08. The molecule has 0 aliphatic carbocycles. The number of halogens is 4. The highest BCUT2D eigenvalue weighted by atomic mass is 35.5. The molecule has 3 nitrogen and oxygen atoms in total. The SMILES string of the molecule is O=C(NCCCCl)NC(F)(F)CF. The minimum absolute atomic E-state index is 0.178. The van der Waals surface area contributed by atoms with Crippen molar-refractivity contribution in [3.63, 3.8) is 0 Å². The number of carbonyl (C=O) groups is 1. The van der Waals surface area contributed by atoms with E-state index in [2.05, 4.69) is 5.32 Å². The minimum Gasteiger partial charge on any atom is -0.338 e. The molecular weight excluding hydrogens is 209 g/mol. The molecule has 2 amide bonds. The molecule has 0 radical (unpaired) electrons. The average Bonchev–Trinajstić information content (AvgIpc) is 2.04. The molecule has 0 aliphatic rings. The molecule has 0 atom stereocenters. The molecule has 0 spiro atoms. The molecule has 78 valence electrons. The minimum atomic E-state index is -3.80. The molecular formula is C6H10ClF3N2O. The molecule has 0 saturated heterocycles. The number of nitrogens with one attached hydrogen (secondary N) is 2. The van der Waals surface area contributed by atoms with Gasteiger partial charge in [0, 0.05) is 12.4 Å². The Labute approximate surface area is 78.6 Å². The molecule has 0 saturated carbocycles. The molecule has 0 bridgehead atoms. The third-order valence-electron chi connectivity index (χ3n) is 1.06. The average molecular weight is 219 g/mol. The fraction of sp³-hybridized carbons (Fsp3) is 0.833. The monoisotopic (exact) mass is 218 g/mol. The second kappa shape index (κ2) is 5.90. The van der Waals surface area contributed by atoms with E-state index in [9.17, 15) is 18.0 Å². The summed E-state index contributed by atoms with van der Waals surface area (Å²) in [5.41, 5.74) is 0. The molecule has 0 fully saturated rings. The highest BCUT2D eigenvalue weighted by molar-refractivity contribution is 6.17. The first kappa shape index (κ1) is 12.3. The molecule has 0 unspecified atom stereocenters. The summed E-state index contributed by atoms with van der Waals surface area (Å²) in [4.78, 5) is 10.6. The third kappa shape index (κ3) is 6.51. The summed E-state index contributed by atoms with van der Waals surface area (Å²) in [6.07, 6.45) is 0.468. The number of hydrogen-bond donors (Lipinski definition) is 2. The van der Waals surface area contributed by atoms with Crippen molar-refractivity contribution in [3.8, 4) is 0 Å². The molecule has 0 aliphatic heterocycles. The second-order valence-electron chi connectivity index (χ2n) is 2.26. The maximum absolute atomic E-state index is 12.1. The molecule has 2 N–H and O–H groups in total. The lowest BCUT2D eigenvalue weighted by atomic mass is 10.5. The van der Waals surface area contributed by atoms with E-state index in [1.54, 1.807) is 0 Å². The zero-order valence-electron chi connectivity index (χ0n) is 6.75. The topological polar surface area (TPSA) is 41.1 Å². The van der Waals surface area contributed by atoms with Gasteiger partial charge in [0.15, 0.2) is 6.67 Å². The fourth-order valence-electron chi connectivity index (χ4n) is 0.512. The summed E-state index contributed by atoms with van der Waals surface area (Å²) in [6.45, 7) is -1.74. The lowest BCUT2D eigenvalue weighted by molar-refractivity contribution is -0.0428. The maximum Gasteiger partial charge on any atom is 0.354 e. The number of urea groups is 1. The Kier molecular flexibility index (Phi) is 5.61. The standard InChI is InChI=1S/C6H10ClF3N2O/c7-2-1-3-11-5(13)12-6(9,10)4-8/h1-4H2,(H2,11,12,13). The smallest absolute Gasteiger partial charge is 0.338 e. The van der Waals surface area contributed by atoms with E-state index in [4.69, 9.17) is 11.6 Å². The Balaban J connectivity index is 3.62. The third-order valence-corrected chi connectivity index (χ3v) is 1.33. The van der Waals surface area contributed by atoms with Gasteiger partial charge in [-0.25, -0.2) is 9.18 Å². The van der Waals surface area contributed by atoms with Gasteiger partial charge in [-0.2, -0.15) is 8.78 Å². The van der Waals surface area contributed by atoms with Gasteiger partial charge in [0.1, 0.15) is 0 Å². The van der Waals surface area contributed by atoms with Crippen LogP contribution >= 0.6 is 11.6 Å². The Morgan fingerprint density at radius 1 is 1.46 bits per heavy atom. The second-order valence-corrected chi connectivity index (χ2v) is 2.64. The van der Waals surface area contributed by atoms with Gasteiger partial charge >= 0.3 is 12.1 Å². The van der Waals surface area contributed by atoms with Crippen LogP contribution in [0.4, 0.5) is 18.0 Å². The van der Waals surface area contributed by atoms with E-state index in [0.29, 0.717) is 12.3 Å².